The smallest absolute Gasteiger partial charge is 0.339 e. The van der Waals surface area contributed by atoms with E-state index in [1.165, 1.54) is 7.11 Å². The third kappa shape index (κ3) is 3.11. The van der Waals surface area contributed by atoms with Crippen LogP contribution >= 0.6 is 0 Å². The number of carbonyl (C=O) groups excluding carboxylic acids is 2. The lowest BCUT2D eigenvalue weighted by Gasteiger charge is -2.25. The van der Waals surface area contributed by atoms with Gasteiger partial charge in [0.2, 0.25) is 6.10 Å². The SMILES string of the molecule is COC(=O)c1ccccc1NC(=O)[C@@H]1COc2ccccc2O1. The number of nitrogens with one attached hydrogen (secondary N) is 1. The van der Waals surface area contributed by atoms with Gasteiger partial charge in [0, 0.05) is 0 Å². The highest BCUT2D eigenvalue weighted by atomic mass is 16.6. The van der Waals surface area contributed by atoms with Gasteiger partial charge in [0.1, 0.15) is 6.61 Å². The fraction of sp³-hybridized carbons (Fsp3) is 0.176. The van der Waals surface area contributed by atoms with Crippen LogP contribution in [0.15, 0.2) is 48.5 Å². The quantitative estimate of drug-likeness (QED) is 0.880. The zero-order chi connectivity index (χ0) is 16.2. The van der Waals surface area contributed by atoms with Crippen LogP contribution in [0.2, 0.25) is 0 Å². The Balaban J connectivity index is 1.75. The minimum atomic E-state index is -0.796. The van der Waals surface area contributed by atoms with Crippen LogP contribution in [0.3, 0.4) is 0 Å². The zero-order valence-electron chi connectivity index (χ0n) is 12.4. The number of rotatable bonds is 3. The molecule has 1 N–H and O–H groups in total. The fourth-order valence-electron chi connectivity index (χ4n) is 2.24. The fourth-order valence-corrected chi connectivity index (χ4v) is 2.24. The normalized spacial score (nSPS) is 15.6. The molecule has 1 heterocycles. The molecule has 118 valence electrons. The predicted molar refractivity (Wildman–Crippen MR) is 82.8 cm³/mol. The van der Waals surface area contributed by atoms with Crippen molar-refractivity contribution in [1.82, 2.24) is 0 Å². The molecule has 0 aromatic heterocycles. The second-order valence-corrected chi connectivity index (χ2v) is 4.89. The molecule has 2 aromatic carbocycles. The van der Waals surface area contributed by atoms with Crippen LogP contribution in [-0.4, -0.2) is 31.7 Å². The lowest BCUT2D eigenvalue weighted by atomic mass is 10.1. The topological polar surface area (TPSA) is 73.9 Å². The standard InChI is InChI=1S/C17H15NO5/c1-21-17(20)11-6-2-3-7-12(11)18-16(19)15-10-22-13-8-4-5-9-14(13)23-15/h2-9,15H,10H2,1H3,(H,18,19)/t15-/m0/s1. The van der Waals surface area contributed by atoms with Crippen molar-refractivity contribution in [3.63, 3.8) is 0 Å². The summed E-state index contributed by atoms with van der Waals surface area (Å²) in [6.07, 6.45) is -0.796. The van der Waals surface area contributed by atoms with Crippen molar-refractivity contribution in [3.05, 3.63) is 54.1 Å². The van der Waals surface area contributed by atoms with Crippen molar-refractivity contribution >= 4 is 17.6 Å². The Morgan fingerprint density at radius 3 is 2.57 bits per heavy atom. The highest BCUT2D eigenvalue weighted by Crippen LogP contribution is 2.31. The maximum absolute atomic E-state index is 12.4. The van der Waals surface area contributed by atoms with Crippen molar-refractivity contribution in [3.8, 4) is 11.5 Å². The van der Waals surface area contributed by atoms with Gasteiger partial charge in [-0.3, -0.25) is 4.79 Å². The van der Waals surface area contributed by atoms with Crippen LogP contribution in [0.25, 0.3) is 0 Å². The number of amides is 1. The van der Waals surface area contributed by atoms with E-state index in [4.69, 9.17) is 14.2 Å². The van der Waals surface area contributed by atoms with E-state index in [0.717, 1.165) is 0 Å². The molecule has 0 radical (unpaired) electrons. The first-order valence-electron chi connectivity index (χ1n) is 7.05. The van der Waals surface area contributed by atoms with Crippen LogP contribution in [0.4, 0.5) is 5.69 Å². The molecule has 0 bridgehead atoms. The molecule has 1 atom stereocenters. The van der Waals surface area contributed by atoms with E-state index in [-0.39, 0.29) is 12.2 Å². The summed E-state index contributed by atoms with van der Waals surface area (Å²) in [6.45, 7) is 0.100. The first kappa shape index (κ1) is 14.9. The zero-order valence-corrected chi connectivity index (χ0v) is 12.4. The van der Waals surface area contributed by atoms with Gasteiger partial charge in [-0.05, 0) is 24.3 Å². The average Bonchev–Trinajstić information content (AvgIpc) is 2.61. The van der Waals surface area contributed by atoms with Crippen molar-refractivity contribution in [1.29, 1.82) is 0 Å². The van der Waals surface area contributed by atoms with E-state index in [2.05, 4.69) is 5.32 Å². The molecule has 0 saturated carbocycles. The maximum atomic E-state index is 12.4. The van der Waals surface area contributed by atoms with Crippen molar-refractivity contribution in [2.45, 2.75) is 6.10 Å². The minimum absolute atomic E-state index is 0.100. The summed E-state index contributed by atoms with van der Waals surface area (Å²) in [5, 5.41) is 2.68. The number of esters is 1. The van der Waals surface area contributed by atoms with E-state index in [9.17, 15) is 9.59 Å². The van der Waals surface area contributed by atoms with Crippen LogP contribution < -0.4 is 14.8 Å². The molecule has 0 spiro atoms. The molecule has 1 amide bonds. The molecule has 6 heteroatoms. The molecular formula is C17H15NO5. The lowest BCUT2D eigenvalue weighted by molar-refractivity contribution is -0.125. The largest absolute Gasteiger partial charge is 0.485 e. The van der Waals surface area contributed by atoms with Gasteiger partial charge in [-0.1, -0.05) is 24.3 Å². The number of ether oxygens (including phenoxy) is 3. The molecule has 1 aliphatic heterocycles. The molecular weight excluding hydrogens is 298 g/mol. The van der Waals surface area contributed by atoms with Gasteiger partial charge in [-0.2, -0.15) is 0 Å². The summed E-state index contributed by atoms with van der Waals surface area (Å²) < 4.78 is 15.9. The molecule has 0 fully saturated rings. The van der Waals surface area contributed by atoms with E-state index < -0.39 is 18.0 Å². The van der Waals surface area contributed by atoms with Gasteiger partial charge < -0.3 is 19.5 Å². The van der Waals surface area contributed by atoms with Gasteiger partial charge in [0.05, 0.1) is 18.4 Å². The molecule has 1 aliphatic rings. The van der Waals surface area contributed by atoms with E-state index >= 15 is 0 Å². The number of benzene rings is 2. The molecule has 6 nitrogen and oxygen atoms in total. The number of methoxy groups -OCH3 is 1. The first-order valence-corrected chi connectivity index (χ1v) is 7.05. The van der Waals surface area contributed by atoms with E-state index in [1.807, 2.05) is 6.07 Å². The molecule has 0 aliphatic carbocycles. The molecule has 2 aromatic rings. The van der Waals surface area contributed by atoms with E-state index in [1.54, 1.807) is 42.5 Å². The van der Waals surface area contributed by atoms with E-state index in [0.29, 0.717) is 17.2 Å². The first-order chi connectivity index (χ1) is 11.2. The Morgan fingerprint density at radius 1 is 1.09 bits per heavy atom. The highest BCUT2D eigenvalue weighted by Gasteiger charge is 2.28. The summed E-state index contributed by atoms with van der Waals surface area (Å²) in [4.78, 5) is 24.1. The van der Waals surface area contributed by atoms with Gasteiger partial charge in [-0.15, -0.1) is 0 Å². The number of hydrogen-bond acceptors (Lipinski definition) is 5. The Hall–Kier alpha value is -3.02. The Labute approximate surface area is 133 Å². The predicted octanol–water partition coefficient (Wildman–Crippen LogP) is 2.25. The third-order valence-electron chi connectivity index (χ3n) is 3.39. The van der Waals surface area contributed by atoms with Crippen molar-refractivity contribution in [2.75, 3.05) is 19.0 Å². The van der Waals surface area contributed by atoms with Gasteiger partial charge >= 0.3 is 5.97 Å². The lowest BCUT2D eigenvalue weighted by Crippen LogP contribution is -2.40. The average molecular weight is 313 g/mol. The Kier molecular flexibility index (Phi) is 4.14. The summed E-state index contributed by atoms with van der Waals surface area (Å²) in [6, 6.07) is 13.8. The van der Waals surface area contributed by atoms with Gasteiger partial charge in [0.25, 0.3) is 5.91 Å². The Bertz CT molecular complexity index is 743. The number of carbonyl (C=O) groups is 2. The molecule has 3 rings (SSSR count). The highest BCUT2D eigenvalue weighted by molar-refractivity contribution is 6.02. The molecule has 0 unspecified atom stereocenters. The summed E-state index contributed by atoms with van der Waals surface area (Å²) >= 11 is 0. The maximum Gasteiger partial charge on any atom is 0.339 e. The molecule has 23 heavy (non-hydrogen) atoms. The van der Waals surface area contributed by atoms with Crippen LogP contribution in [0, 0.1) is 0 Å². The number of hydrogen-bond donors (Lipinski definition) is 1. The van der Waals surface area contributed by atoms with Gasteiger partial charge in [-0.25, -0.2) is 4.79 Å². The van der Waals surface area contributed by atoms with Crippen LogP contribution in [-0.2, 0) is 9.53 Å². The van der Waals surface area contributed by atoms with Crippen LogP contribution in [0.5, 0.6) is 11.5 Å². The number of anilines is 1. The van der Waals surface area contributed by atoms with Crippen molar-refractivity contribution < 1.29 is 23.8 Å². The third-order valence-corrected chi connectivity index (χ3v) is 3.39. The second-order valence-electron chi connectivity index (χ2n) is 4.89. The molecule has 0 saturated heterocycles. The van der Waals surface area contributed by atoms with Crippen molar-refractivity contribution in [2.24, 2.45) is 0 Å². The number of fused-ring (bicyclic) bond motifs is 1. The minimum Gasteiger partial charge on any atom is -0.485 e. The summed E-state index contributed by atoms with van der Waals surface area (Å²) in [5.41, 5.74) is 0.646. The number of para-hydroxylation sites is 3. The monoisotopic (exact) mass is 313 g/mol. The van der Waals surface area contributed by atoms with Gasteiger partial charge in [0.15, 0.2) is 11.5 Å². The summed E-state index contributed by atoms with van der Waals surface area (Å²) in [7, 11) is 1.29. The van der Waals surface area contributed by atoms with Crippen LogP contribution in [0.1, 0.15) is 10.4 Å². The second kappa shape index (κ2) is 6.39. The Morgan fingerprint density at radius 2 is 1.78 bits per heavy atom. The summed E-state index contributed by atoms with van der Waals surface area (Å²) in [5.74, 6) is 0.203.